The lowest BCUT2D eigenvalue weighted by atomic mass is 10.1. The lowest BCUT2D eigenvalue weighted by Crippen LogP contribution is -1.91. The summed E-state index contributed by atoms with van der Waals surface area (Å²) in [4.78, 5) is 0. The second-order valence-corrected chi connectivity index (χ2v) is 2.77. The third kappa shape index (κ3) is 3.60. The van der Waals surface area contributed by atoms with Crippen LogP contribution in [0.5, 0.6) is 0 Å². The Morgan fingerprint density at radius 2 is 2.08 bits per heavy atom. The van der Waals surface area contributed by atoms with Crippen LogP contribution in [0.2, 0.25) is 0 Å². The Balaban J connectivity index is 4.39. The minimum atomic E-state index is -0.0416. The summed E-state index contributed by atoms with van der Waals surface area (Å²) in [5, 5.41) is 17.9. The average molecular weight is 189 g/mol. The molecule has 0 heterocycles. The maximum atomic E-state index is 9.31. The fraction of sp³-hybridized carbons (Fsp3) is 0.333. The Morgan fingerprint density at radius 1 is 1.50 bits per heavy atom. The van der Waals surface area contributed by atoms with Gasteiger partial charge < -0.3 is 10.2 Å². The van der Waals surface area contributed by atoms with Gasteiger partial charge in [0.05, 0.1) is 5.03 Å². The second kappa shape index (κ2) is 5.86. The van der Waals surface area contributed by atoms with Gasteiger partial charge >= 0.3 is 0 Å². The Labute approximate surface area is 77.5 Å². The van der Waals surface area contributed by atoms with Gasteiger partial charge in [0.2, 0.25) is 0 Å². The van der Waals surface area contributed by atoms with Crippen molar-refractivity contribution in [2.45, 2.75) is 12.8 Å². The number of rotatable bonds is 5. The number of aliphatic hydroxyl groups is 2. The summed E-state index contributed by atoms with van der Waals surface area (Å²) in [5.41, 5.74) is 0.615. The Kier molecular flexibility index (Phi) is 5.51. The van der Waals surface area contributed by atoms with Crippen LogP contribution in [0.4, 0.5) is 0 Å². The number of hydrogen-bond donors (Lipinski definition) is 2. The zero-order valence-corrected chi connectivity index (χ0v) is 7.64. The molecule has 0 spiro atoms. The molecule has 2 nitrogen and oxygen atoms in total. The van der Waals surface area contributed by atoms with E-state index in [0.29, 0.717) is 18.4 Å². The van der Waals surface area contributed by atoms with Gasteiger partial charge in [0.25, 0.3) is 0 Å². The topological polar surface area (TPSA) is 40.5 Å². The van der Waals surface area contributed by atoms with E-state index in [1.165, 1.54) is 6.08 Å². The van der Waals surface area contributed by atoms with Crippen molar-refractivity contribution in [3.05, 3.63) is 35.6 Å². The molecule has 0 aliphatic rings. The van der Waals surface area contributed by atoms with E-state index in [-0.39, 0.29) is 17.4 Å². The lowest BCUT2D eigenvalue weighted by molar-refractivity contribution is 0.288. The maximum Gasteiger partial charge on any atom is 0.136 e. The number of hydrogen-bond acceptors (Lipinski definition) is 2. The molecule has 0 aromatic heterocycles. The van der Waals surface area contributed by atoms with Crippen LogP contribution in [0.25, 0.3) is 0 Å². The molecule has 0 aliphatic carbocycles. The van der Waals surface area contributed by atoms with Gasteiger partial charge in [-0.15, -0.1) is 0 Å². The molecule has 0 rings (SSSR count). The fourth-order valence-corrected chi connectivity index (χ4v) is 0.882. The molecule has 0 radical (unpaired) electrons. The summed E-state index contributed by atoms with van der Waals surface area (Å²) in [6.07, 6.45) is 2.64. The zero-order valence-electron chi connectivity index (χ0n) is 6.89. The molecule has 12 heavy (non-hydrogen) atoms. The molecule has 0 fully saturated rings. The van der Waals surface area contributed by atoms with Crippen molar-refractivity contribution < 1.29 is 10.2 Å². The number of halogens is 1. The molecule has 0 bridgehead atoms. The molecule has 0 aromatic rings. The summed E-state index contributed by atoms with van der Waals surface area (Å²) in [6, 6.07) is 0. The highest BCUT2D eigenvalue weighted by atomic mass is 35.5. The van der Waals surface area contributed by atoms with Crippen molar-refractivity contribution in [3.8, 4) is 0 Å². The van der Waals surface area contributed by atoms with Gasteiger partial charge in [-0.05, 0) is 18.4 Å². The van der Waals surface area contributed by atoms with Gasteiger partial charge in [0.15, 0.2) is 0 Å². The summed E-state index contributed by atoms with van der Waals surface area (Å²) >= 11 is 5.47. The third-order valence-electron chi connectivity index (χ3n) is 1.41. The maximum absolute atomic E-state index is 9.31. The van der Waals surface area contributed by atoms with Crippen molar-refractivity contribution in [2.24, 2.45) is 0 Å². The molecule has 0 atom stereocenters. The number of allylic oxidation sites excluding steroid dienone is 3. The Morgan fingerprint density at radius 3 is 2.42 bits per heavy atom. The molecule has 2 N–H and O–H groups in total. The van der Waals surface area contributed by atoms with Crippen LogP contribution in [0, 0.1) is 0 Å². The van der Waals surface area contributed by atoms with E-state index < -0.39 is 0 Å². The first kappa shape index (κ1) is 11.3. The van der Waals surface area contributed by atoms with Crippen molar-refractivity contribution in [1.82, 2.24) is 0 Å². The van der Waals surface area contributed by atoms with Gasteiger partial charge in [-0.1, -0.05) is 30.8 Å². The summed E-state index contributed by atoms with van der Waals surface area (Å²) < 4.78 is 0. The summed E-state index contributed by atoms with van der Waals surface area (Å²) in [7, 11) is 0. The minimum absolute atomic E-state index is 0.0416. The quantitative estimate of drug-likeness (QED) is 0.514. The summed E-state index contributed by atoms with van der Waals surface area (Å²) in [6.45, 7) is 6.98. The Bertz CT molecular complexity index is 207. The molecule has 0 saturated carbocycles. The summed E-state index contributed by atoms with van der Waals surface area (Å²) in [5.74, 6) is -0.0416. The van der Waals surface area contributed by atoms with Crippen molar-refractivity contribution in [1.29, 1.82) is 0 Å². The standard InChI is InChI=1S/C9H13ClO2/c1-3-8(5-4-6-11)9(12)7(2)10/h3,11-12H,1-2,4-6H2/b9-8-. The van der Waals surface area contributed by atoms with E-state index in [1.807, 2.05) is 0 Å². The molecule has 0 aliphatic heterocycles. The predicted molar refractivity (Wildman–Crippen MR) is 51.2 cm³/mol. The van der Waals surface area contributed by atoms with Gasteiger partial charge in [-0.25, -0.2) is 0 Å². The van der Waals surface area contributed by atoms with Crippen LogP contribution >= 0.6 is 11.6 Å². The molecular formula is C9H13ClO2. The van der Waals surface area contributed by atoms with E-state index in [9.17, 15) is 5.11 Å². The monoisotopic (exact) mass is 188 g/mol. The first-order valence-corrected chi connectivity index (χ1v) is 4.01. The first-order valence-electron chi connectivity index (χ1n) is 3.63. The molecule has 68 valence electrons. The van der Waals surface area contributed by atoms with Crippen LogP contribution in [-0.4, -0.2) is 16.8 Å². The molecule has 0 saturated heterocycles. The molecule has 0 amide bonds. The lowest BCUT2D eigenvalue weighted by Gasteiger charge is -2.03. The van der Waals surface area contributed by atoms with E-state index in [4.69, 9.17) is 16.7 Å². The van der Waals surface area contributed by atoms with E-state index >= 15 is 0 Å². The highest BCUT2D eigenvalue weighted by Gasteiger charge is 2.03. The highest BCUT2D eigenvalue weighted by molar-refractivity contribution is 6.31. The van der Waals surface area contributed by atoms with Crippen molar-refractivity contribution >= 4 is 11.6 Å². The van der Waals surface area contributed by atoms with Crippen LogP contribution in [0.3, 0.4) is 0 Å². The fourth-order valence-electron chi connectivity index (χ4n) is 0.761. The van der Waals surface area contributed by atoms with Crippen LogP contribution in [0.1, 0.15) is 12.8 Å². The van der Waals surface area contributed by atoms with Crippen molar-refractivity contribution in [2.75, 3.05) is 6.61 Å². The van der Waals surface area contributed by atoms with Gasteiger partial charge in [0.1, 0.15) is 5.76 Å². The van der Waals surface area contributed by atoms with Gasteiger partial charge in [-0.3, -0.25) is 0 Å². The smallest absolute Gasteiger partial charge is 0.136 e. The molecular weight excluding hydrogens is 176 g/mol. The van der Waals surface area contributed by atoms with Crippen LogP contribution in [-0.2, 0) is 0 Å². The number of aliphatic hydroxyl groups excluding tert-OH is 2. The third-order valence-corrected chi connectivity index (χ3v) is 1.59. The van der Waals surface area contributed by atoms with Gasteiger partial charge in [-0.2, -0.15) is 0 Å². The van der Waals surface area contributed by atoms with E-state index in [0.717, 1.165) is 0 Å². The minimum Gasteiger partial charge on any atom is -0.506 e. The highest BCUT2D eigenvalue weighted by Crippen LogP contribution is 2.18. The normalized spacial score (nSPS) is 12.2. The second-order valence-electron chi connectivity index (χ2n) is 2.31. The molecule has 0 unspecified atom stereocenters. The van der Waals surface area contributed by atoms with Crippen LogP contribution in [0.15, 0.2) is 35.6 Å². The van der Waals surface area contributed by atoms with Gasteiger partial charge in [0, 0.05) is 6.61 Å². The van der Waals surface area contributed by atoms with E-state index in [2.05, 4.69) is 13.2 Å². The zero-order chi connectivity index (χ0) is 9.56. The average Bonchev–Trinajstić information content (AvgIpc) is 2.05. The molecule has 0 aromatic carbocycles. The van der Waals surface area contributed by atoms with Crippen LogP contribution < -0.4 is 0 Å². The van der Waals surface area contributed by atoms with E-state index in [1.54, 1.807) is 0 Å². The first-order chi connectivity index (χ1) is 5.63. The van der Waals surface area contributed by atoms with Crippen molar-refractivity contribution in [3.63, 3.8) is 0 Å². The predicted octanol–water partition coefficient (Wildman–Crippen LogP) is 2.51. The largest absolute Gasteiger partial charge is 0.506 e. The molecule has 3 heteroatoms. The SMILES string of the molecule is C=C/C(CCCO)=C(/O)C(=C)Cl. The Hall–Kier alpha value is -0.730.